The first-order valence-corrected chi connectivity index (χ1v) is 8.33. The van der Waals surface area contributed by atoms with Crippen molar-refractivity contribution in [3.05, 3.63) is 48.0 Å². The van der Waals surface area contributed by atoms with Crippen LogP contribution in [-0.2, 0) is 11.3 Å². The highest BCUT2D eigenvalue weighted by molar-refractivity contribution is 5.95. The van der Waals surface area contributed by atoms with Gasteiger partial charge in [-0.1, -0.05) is 12.1 Å². The van der Waals surface area contributed by atoms with Gasteiger partial charge in [0.05, 0.1) is 32.6 Å². The lowest BCUT2D eigenvalue weighted by molar-refractivity contribution is -0.119. The summed E-state index contributed by atoms with van der Waals surface area (Å²) in [4.78, 5) is 13.7. The van der Waals surface area contributed by atoms with Gasteiger partial charge in [-0.15, -0.1) is 0 Å². The van der Waals surface area contributed by atoms with Crippen LogP contribution in [0.1, 0.15) is 19.4 Å². The molecule has 0 N–H and O–H groups in total. The summed E-state index contributed by atoms with van der Waals surface area (Å²) in [5, 5.41) is 0. The molecule has 6 heteroatoms. The van der Waals surface area contributed by atoms with Crippen LogP contribution in [0.5, 0.6) is 17.2 Å². The highest BCUT2D eigenvalue weighted by atomic mass is 19.1. The summed E-state index contributed by atoms with van der Waals surface area (Å²) < 4.78 is 29.7. The first-order valence-electron chi connectivity index (χ1n) is 8.33. The molecule has 0 spiro atoms. The Morgan fingerprint density at radius 1 is 1.08 bits per heavy atom. The third-order valence-electron chi connectivity index (χ3n) is 3.75. The van der Waals surface area contributed by atoms with Crippen LogP contribution in [0.2, 0.25) is 0 Å². The predicted octanol–water partition coefficient (Wildman–Crippen LogP) is 3.99. The number of anilines is 1. The molecule has 0 radical (unpaired) electrons. The molecule has 0 aliphatic heterocycles. The fraction of sp³-hybridized carbons (Fsp3) is 0.350. The van der Waals surface area contributed by atoms with Gasteiger partial charge in [-0.3, -0.25) is 4.79 Å². The highest BCUT2D eigenvalue weighted by Gasteiger charge is 2.22. The summed E-state index contributed by atoms with van der Waals surface area (Å²) in [6.45, 7) is 2.80. The van der Waals surface area contributed by atoms with Crippen molar-refractivity contribution in [1.29, 1.82) is 0 Å². The molecule has 1 amide bonds. The lowest BCUT2D eigenvalue weighted by Crippen LogP contribution is -2.32. The number of nitrogens with zero attached hydrogens (tertiary/aromatic N) is 1. The molecule has 0 saturated heterocycles. The molecular formula is C20H24FNO4. The van der Waals surface area contributed by atoms with Crippen LogP contribution in [0.3, 0.4) is 0 Å². The minimum Gasteiger partial charge on any atom is -0.497 e. The smallest absolute Gasteiger partial charge is 0.258 e. The molecule has 0 unspecified atom stereocenters. The first kappa shape index (κ1) is 19.6. The zero-order valence-corrected chi connectivity index (χ0v) is 15.5. The van der Waals surface area contributed by atoms with Crippen molar-refractivity contribution in [2.45, 2.75) is 26.5 Å². The van der Waals surface area contributed by atoms with Crippen LogP contribution in [0, 0.1) is 0 Å². The maximum Gasteiger partial charge on any atom is 0.258 e. The van der Waals surface area contributed by atoms with Crippen molar-refractivity contribution in [2.24, 2.45) is 0 Å². The Bertz CT molecular complexity index is 748. The van der Waals surface area contributed by atoms with E-state index >= 15 is 0 Å². The van der Waals surface area contributed by atoms with Gasteiger partial charge >= 0.3 is 0 Å². The van der Waals surface area contributed by atoms with E-state index in [9.17, 15) is 9.18 Å². The van der Waals surface area contributed by atoms with Gasteiger partial charge in [0, 0.05) is 5.56 Å². The van der Waals surface area contributed by atoms with E-state index < -0.39 is 12.6 Å². The van der Waals surface area contributed by atoms with Crippen LogP contribution < -0.4 is 19.1 Å². The molecule has 5 nitrogen and oxygen atoms in total. The number of para-hydroxylation sites is 2. The van der Waals surface area contributed by atoms with Gasteiger partial charge in [-0.05, 0) is 44.2 Å². The van der Waals surface area contributed by atoms with E-state index in [0.29, 0.717) is 28.5 Å². The average molecular weight is 361 g/mol. The maximum absolute atomic E-state index is 13.3. The SMILES string of the molecule is COc1ccc(OC)c(CN(C(=O)CF)c2ccccc2OC(C)C)c1. The van der Waals surface area contributed by atoms with Crippen LogP contribution >= 0.6 is 0 Å². The van der Waals surface area contributed by atoms with Gasteiger partial charge in [0.25, 0.3) is 5.91 Å². The third kappa shape index (κ3) is 4.65. The number of carbonyl (C=O) groups excluding carboxylic acids is 1. The summed E-state index contributed by atoms with van der Waals surface area (Å²) in [6.07, 6.45) is -0.0789. The van der Waals surface area contributed by atoms with E-state index in [1.54, 1.807) is 50.6 Å². The Kier molecular flexibility index (Phi) is 6.83. The van der Waals surface area contributed by atoms with Crippen LogP contribution in [0.15, 0.2) is 42.5 Å². The van der Waals surface area contributed by atoms with Gasteiger partial charge in [-0.2, -0.15) is 0 Å². The van der Waals surface area contributed by atoms with Crippen LogP contribution in [0.4, 0.5) is 10.1 Å². The maximum atomic E-state index is 13.3. The number of hydrogen-bond acceptors (Lipinski definition) is 4. The number of ether oxygens (including phenoxy) is 3. The fourth-order valence-electron chi connectivity index (χ4n) is 2.59. The number of carbonyl (C=O) groups is 1. The molecule has 2 aromatic carbocycles. The molecule has 0 atom stereocenters. The predicted molar refractivity (Wildman–Crippen MR) is 98.9 cm³/mol. The van der Waals surface area contributed by atoms with E-state index in [2.05, 4.69) is 0 Å². The van der Waals surface area contributed by atoms with Crippen molar-refractivity contribution in [1.82, 2.24) is 0 Å². The second kappa shape index (κ2) is 9.08. The molecule has 0 fully saturated rings. The Morgan fingerprint density at radius 2 is 1.81 bits per heavy atom. The van der Waals surface area contributed by atoms with Crippen molar-refractivity contribution < 1.29 is 23.4 Å². The number of methoxy groups -OCH3 is 2. The number of hydrogen-bond donors (Lipinski definition) is 0. The molecule has 0 aromatic heterocycles. The van der Waals surface area contributed by atoms with E-state index in [4.69, 9.17) is 14.2 Å². The number of amides is 1. The normalized spacial score (nSPS) is 10.5. The van der Waals surface area contributed by atoms with Gasteiger partial charge in [-0.25, -0.2) is 4.39 Å². The van der Waals surface area contributed by atoms with Gasteiger partial charge in [0.1, 0.15) is 17.2 Å². The second-order valence-electron chi connectivity index (χ2n) is 5.93. The van der Waals surface area contributed by atoms with E-state index in [-0.39, 0.29) is 12.6 Å². The third-order valence-corrected chi connectivity index (χ3v) is 3.75. The fourth-order valence-corrected chi connectivity index (χ4v) is 2.59. The summed E-state index contributed by atoms with van der Waals surface area (Å²) in [7, 11) is 3.10. The summed E-state index contributed by atoms with van der Waals surface area (Å²) in [5.41, 5.74) is 1.21. The van der Waals surface area contributed by atoms with Crippen LogP contribution in [0.25, 0.3) is 0 Å². The number of halogens is 1. The van der Waals surface area contributed by atoms with Crippen molar-refractivity contribution in [3.63, 3.8) is 0 Å². The quantitative estimate of drug-likeness (QED) is 0.713. The molecule has 0 aliphatic rings. The Labute approximate surface area is 153 Å². The van der Waals surface area contributed by atoms with Crippen molar-refractivity contribution in [2.75, 3.05) is 25.8 Å². The van der Waals surface area contributed by atoms with Gasteiger partial charge in [0.2, 0.25) is 0 Å². The van der Waals surface area contributed by atoms with Crippen molar-refractivity contribution in [3.8, 4) is 17.2 Å². The lowest BCUT2D eigenvalue weighted by Gasteiger charge is -2.26. The van der Waals surface area contributed by atoms with Gasteiger partial charge < -0.3 is 19.1 Å². The van der Waals surface area contributed by atoms with E-state index in [1.165, 1.54) is 4.90 Å². The molecule has 0 saturated carbocycles. The van der Waals surface area contributed by atoms with Gasteiger partial charge in [0.15, 0.2) is 6.67 Å². The summed E-state index contributed by atoms with van der Waals surface area (Å²) >= 11 is 0. The largest absolute Gasteiger partial charge is 0.497 e. The minimum atomic E-state index is -1.11. The topological polar surface area (TPSA) is 48.0 Å². The zero-order valence-electron chi connectivity index (χ0n) is 15.5. The van der Waals surface area contributed by atoms with E-state index in [0.717, 1.165) is 0 Å². The Hall–Kier alpha value is -2.76. The summed E-state index contributed by atoms with van der Waals surface area (Å²) in [6, 6.07) is 12.4. The Morgan fingerprint density at radius 3 is 2.42 bits per heavy atom. The lowest BCUT2D eigenvalue weighted by atomic mass is 10.1. The number of alkyl halides is 1. The molecule has 26 heavy (non-hydrogen) atoms. The first-order chi connectivity index (χ1) is 12.5. The molecule has 0 heterocycles. The zero-order chi connectivity index (χ0) is 19.1. The minimum absolute atomic E-state index is 0.0789. The molecule has 0 aliphatic carbocycles. The molecule has 2 aromatic rings. The van der Waals surface area contributed by atoms with Crippen LogP contribution in [-0.4, -0.2) is 32.9 Å². The second-order valence-corrected chi connectivity index (χ2v) is 5.93. The standard InChI is InChI=1S/C20H24FNO4/c1-14(2)26-19-8-6-5-7-17(19)22(20(23)12-21)13-15-11-16(24-3)9-10-18(15)25-4/h5-11,14H,12-13H2,1-4H3. The number of benzene rings is 2. The molecular weight excluding hydrogens is 337 g/mol. The molecule has 2 rings (SSSR count). The van der Waals surface area contributed by atoms with E-state index in [1.807, 2.05) is 19.9 Å². The van der Waals surface area contributed by atoms with Crippen molar-refractivity contribution >= 4 is 11.6 Å². The highest BCUT2D eigenvalue weighted by Crippen LogP contribution is 2.33. The molecule has 140 valence electrons. The molecule has 0 bridgehead atoms. The average Bonchev–Trinajstić information content (AvgIpc) is 2.65. The summed E-state index contributed by atoms with van der Waals surface area (Å²) in [5.74, 6) is 1.07. The monoisotopic (exact) mass is 361 g/mol. The number of rotatable bonds is 8. The Balaban J connectivity index is 2.46.